The van der Waals surface area contributed by atoms with Gasteiger partial charge in [-0.1, -0.05) is 35.0 Å². The van der Waals surface area contributed by atoms with E-state index in [1.54, 1.807) is 29.6 Å². The Balaban J connectivity index is 0.00000242. The number of benzene rings is 1. The van der Waals surface area contributed by atoms with Gasteiger partial charge in [-0.25, -0.2) is 4.68 Å². The van der Waals surface area contributed by atoms with E-state index in [9.17, 15) is 0 Å². The van der Waals surface area contributed by atoms with Crippen LogP contribution in [0.5, 0.6) is 5.75 Å². The van der Waals surface area contributed by atoms with E-state index in [1.165, 1.54) is 0 Å². The minimum Gasteiger partial charge on any atom is -0.495 e. The molecule has 1 heterocycles. The smallest absolute Gasteiger partial charge is 0.209 e. The molecule has 0 saturated carbocycles. The van der Waals surface area contributed by atoms with Gasteiger partial charge >= 0.3 is 0 Å². The van der Waals surface area contributed by atoms with Crippen LogP contribution in [0.3, 0.4) is 0 Å². The first-order valence-electron chi connectivity index (χ1n) is 6.19. The van der Waals surface area contributed by atoms with Gasteiger partial charge in [0, 0.05) is 36.5 Å². The molecule has 0 aliphatic heterocycles. The summed E-state index contributed by atoms with van der Waals surface area (Å²) in [6.45, 7) is 1.42. The second-order valence-corrected chi connectivity index (χ2v) is 6.10. The van der Waals surface area contributed by atoms with Crippen LogP contribution in [0.1, 0.15) is 5.56 Å². The first-order chi connectivity index (χ1) is 10.1. The van der Waals surface area contributed by atoms with Crippen molar-refractivity contribution < 1.29 is 4.74 Å². The Morgan fingerprint density at radius 1 is 1.36 bits per heavy atom. The summed E-state index contributed by atoms with van der Waals surface area (Å²) < 4.78 is 6.94. The average molecular weight is 385 g/mol. The molecule has 1 aromatic carbocycles. The average Bonchev–Trinajstić information content (AvgIpc) is 2.83. The van der Waals surface area contributed by atoms with Crippen LogP contribution in [0.2, 0.25) is 10.0 Å². The Hall–Kier alpha value is -0.730. The number of hydrogen-bond acceptors (Lipinski definition) is 6. The van der Waals surface area contributed by atoms with Crippen molar-refractivity contribution >= 4 is 47.4 Å². The summed E-state index contributed by atoms with van der Waals surface area (Å²) in [6, 6.07) is 3.52. The SMILES string of the molecule is COc1c(Cl)cc(Cl)cc1CNCCSc1nnnn1C.Cl. The minimum atomic E-state index is 0. The van der Waals surface area contributed by atoms with E-state index in [0.29, 0.717) is 22.3 Å². The quantitative estimate of drug-likeness (QED) is 0.585. The zero-order valence-electron chi connectivity index (χ0n) is 12.0. The molecule has 0 aliphatic rings. The molecule has 0 unspecified atom stereocenters. The Morgan fingerprint density at radius 2 is 2.14 bits per heavy atom. The number of methoxy groups -OCH3 is 1. The third-order valence-electron chi connectivity index (χ3n) is 2.70. The van der Waals surface area contributed by atoms with Gasteiger partial charge in [-0.05, 0) is 22.6 Å². The summed E-state index contributed by atoms with van der Waals surface area (Å²) >= 11 is 13.7. The lowest BCUT2D eigenvalue weighted by atomic mass is 10.2. The van der Waals surface area contributed by atoms with Crippen molar-refractivity contribution in [2.24, 2.45) is 7.05 Å². The first kappa shape index (κ1) is 19.3. The molecule has 0 radical (unpaired) electrons. The fourth-order valence-corrected chi connectivity index (χ4v) is 3.11. The van der Waals surface area contributed by atoms with Gasteiger partial charge in [0.15, 0.2) is 0 Å². The normalized spacial score (nSPS) is 10.4. The highest BCUT2D eigenvalue weighted by molar-refractivity contribution is 7.99. The zero-order valence-corrected chi connectivity index (χ0v) is 15.2. The number of rotatable bonds is 7. The molecule has 1 N–H and O–H groups in total. The molecule has 0 saturated heterocycles. The maximum Gasteiger partial charge on any atom is 0.209 e. The third-order valence-corrected chi connectivity index (χ3v) is 4.21. The second-order valence-electron chi connectivity index (χ2n) is 4.19. The number of thioether (sulfide) groups is 1. The maximum absolute atomic E-state index is 6.09. The first-order valence-corrected chi connectivity index (χ1v) is 7.93. The molecule has 0 bridgehead atoms. The van der Waals surface area contributed by atoms with E-state index < -0.39 is 0 Å². The van der Waals surface area contributed by atoms with Gasteiger partial charge in [0.05, 0.1) is 12.1 Å². The van der Waals surface area contributed by atoms with Crippen LogP contribution >= 0.6 is 47.4 Å². The zero-order chi connectivity index (χ0) is 15.2. The number of halogens is 3. The lowest BCUT2D eigenvalue weighted by Crippen LogP contribution is -2.17. The Kier molecular flexibility index (Phi) is 8.27. The minimum absolute atomic E-state index is 0. The largest absolute Gasteiger partial charge is 0.495 e. The molecular formula is C12H16Cl3N5OS. The molecule has 1 aromatic heterocycles. The van der Waals surface area contributed by atoms with E-state index in [0.717, 1.165) is 23.0 Å². The molecule has 122 valence electrons. The number of nitrogens with zero attached hydrogens (tertiary/aromatic N) is 4. The molecule has 0 amide bonds. The second kappa shape index (κ2) is 9.42. The summed E-state index contributed by atoms with van der Waals surface area (Å²) in [6.07, 6.45) is 0. The van der Waals surface area contributed by atoms with Crippen molar-refractivity contribution in [3.63, 3.8) is 0 Å². The van der Waals surface area contributed by atoms with E-state index in [4.69, 9.17) is 27.9 Å². The molecule has 22 heavy (non-hydrogen) atoms. The highest BCUT2D eigenvalue weighted by atomic mass is 35.5. The van der Waals surface area contributed by atoms with Gasteiger partial charge in [-0.2, -0.15) is 0 Å². The van der Waals surface area contributed by atoms with Gasteiger partial charge in [-0.15, -0.1) is 17.5 Å². The molecule has 0 fully saturated rings. The number of tetrazole rings is 1. The predicted octanol–water partition coefficient (Wildman–Crippen LogP) is 2.83. The molecule has 6 nitrogen and oxygen atoms in total. The van der Waals surface area contributed by atoms with Crippen molar-refractivity contribution in [2.75, 3.05) is 19.4 Å². The number of aryl methyl sites for hydroxylation is 1. The Labute approximate surface area is 149 Å². The third kappa shape index (κ3) is 5.17. The fourth-order valence-electron chi connectivity index (χ4n) is 1.75. The number of hydrogen-bond donors (Lipinski definition) is 1. The molecule has 0 aliphatic carbocycles. The van der Waals surface area contributed by atoms with Gasteiger partial charge in [0.1, 0.15) is 5.75 Å². The summed E-state index contributed by atoms with van der Waals surface area (Å²) in [5.74, 6) is 1.50. The van der Waals surface area contributed by atoms with Gasteiger partial charge in [-0.3, -0.25) is 0 Å². The molecular weight excluding hydrogens is 369 g/mol. The monoisotopic (exact) mass is 383 g/mol. The van der Waals surface area contributed by atoms with Crippen molar-refractivity contribution in [3.05, 3.63) is 27.7 Å². The number of aromatic nitrogens is 4. The van der Waals surface area contributed by atoms with E-state index in [2.05, 4.69) is 20.8 Å². The van der Waals surface area contributed by atoms with E-state index >= 15 is 0 Å². The van der Waals surface area contributed by atoms with Crippen LogP contribution < -0.4 is 10.1 Å². The van der Waals surface area contributed by atoms with Crippen molar-refractivity contribution in [1.29, 1.82) is 0 Å². The lowest BCUT2D eigenvalue weighted by molar-refractivity contribution is 0.408. The van der Waals surface area contributed by atoms with Crippen molar-refractivity contribution in [3.8, 4) is 5.75 Å². The molecule has 10 heteroatoms. The van der Waals surface area contributed by atoms with Crippen LogP contribution in [0.15, 0.2) is 17.3 Å². The van der Waals surface area contributed by atoms with Gasteiger partial charge in [0.2, 0.25) is 5.16 Å². The fraction of sp³-hybridized carbons (Fsp3) is 0.417. The van der Waals surface area contributed by atoms with Crippen molar-refractivity contribution in [1.82, 2.24) is 25.5 Å². The predicted molar refractivity (Wildman–Crippen MR) is 91.5 cm³/mol. The van der Waals surface area contributed by atoms with Crippen LogP contribution in [0, 0.1) is 0 Å². The topological polar surface area (TPSA) is 64.9 Å². The number of ether oxygens (including phenoxy) is 1. The molecule has 0 atom stereocenters. The molecule has 0 spiro atoms. The molecule has 2 rings (SSSR count). The lowest BCUT2D eigenvalue weighted by Gasteiger charge is -2.11. The summed E-state index contributed by atoms with van der Waals surface area (Å²) in [4.78, 5) is 0. The standard InChI is InChI=1S/C12H15Cl2N5OS.ClH/c1-19-12(16-17-18-19)21-4-3-15-7-8-5-9(13)6-10(14)11(8)20-2;/h5-6,15H,3-4,7H2,1-2H3;1H. The highest BCUT2D eigenvalue weighted by Gasteiger charge is 2.09. The Morgan fingerprint density at radius 3 is 2.77 bits per heavy atom. The van der Waals surface area contributed by atoms with Gasteiger partial charge < -0.3 is 10.1 Å². The summed E-state index contributed by atoms with van der Waals surface area (Å²) in [5.41, 5.74) is 0.931. The van der Waals surface area contributed by atoms with E-state index in [-0.39, 0.29) is 12.4 Å². The summed E-state index contributed by atoms with van der Waals surface area (Å²) in [5, 5.41) is 16.5. The van der Waals surface area contributed by atoms with Crippen LogP contribution in [-0.4, -0.2) is 39.6 Å². The van der Waals surface area contributed by atoms with E-state index in [1.807, 2.05) is 13.1 Å². The van der Waals surface area contributed by atoms with Crippen LogP contribution in [0.4, 0.5) is 0 Å². The van der Waals surface area contributed by atoms with Crippen LogP contribution in [-0.2, 0) is 13.6 Å². The number of nitrogens with one attached hydrogen (secondary N) is 1. The van der Waals surface area contributed by atoms with Crippen LogP contribution in [0.25, 0.3) is 0 Å². The highest BCUT2D eigenvalue weighted by Crippen LogP contribution is 2.32. The maximum atomic E-state index is 6.09. The molecule has 2 aromatic rings. The van der Waals surface area contributed by atoms with Crippen molar-refractivity contribution in [2.45, 2.75) is 11.7 Å². The van der Waals surface area contributed by atoms with Gasteiger partial charge in [0.25, 0.3) is 0 Å². The Bertz CT molecular complexity index is 610. The summed E-state index contributed by atoms with van der Waals surface area (Å²) in [7, 11) is 3.41.